The minimum Gasteiger partial charge on any atom is -0.449 e. The standard InChI is InChI=1S/C22H32N4O5S/c1-7-25(16-8-9-32(29,30)12-16)21(27)15(6)31-22(28)17-10-19(13(2)3)24-20-18(17)11-23-26(20)14(4)5/h10-11,13-16H,7-9,12H2,1-6H3. The number of aromatic nitrogens is 3. The van der Waals surface area contributed by atoms with Crippen LogP contribution in [0.5, 0.6) is 0 Å². The minimum absolute atomic E-state index is 0.0512. The number of ether oxygens (including phenoxy) is 1. The summed E-state index contributed by atoms with van der Waals surface area (Å²) in [6.45, 7) is 11.6. The van der Waals surface area contributed by atoms with E-state index in [1.807, 2.05) is 27.7 Å². The Hall–Kier alpha value is -2.49. The molecule has 0 aliphatic carbocycles. The largest absolute Gasteiger partial charge is 0.449 e. The molecule has 9 nitrogen and oxygen atoms in total. The summed E-state index contributed by atoms with van der Waals surface area (Å²) in [5.74, 6) is -0.915. The molecule has 176 valence electrons. The summed E-state index contributed by atoms with van der Waals surface area (Å²) >= 11 is 0. The normalized spacial score (nSPS) is 18.9. The van der Waals surface area contributed by atoms with Gasteiger partial charge >= 0.3 is 5.97 Å². The van der Waals surface area contributed by atoms with Gasteiger partial charge in [-0.2, -0.15) is 5.10 Å². The lowest BCUT2D eigenvalue weighted by molar-refractivity contribution is -0.141. The molecule has 0 saturated carbocycles. The molecule has 3 rings (SSSR count). The fourth-order valence-corrected chi connectivity index (χ4v) is 5.73. The van der Waals surface area contributed by atoms with E-state index in [4.69, 9.17) is 4.74 Å². The van der Waals surface area contributed by atoms with Crippen LogP contribution in [-0.4, -0.2) is 70.2 Å². The Morgan fingerprint density at radius 2 is 1.94 bits per heavy atom. The van der Waals surface area contributed by atoms with E-state index in [0.717, 1.165) is 5.69 Å². The van der Waals surface area contributed by atoms with Gasteiger partial charge in [0.2, 0.25) is 0 Å². The second-order valence-electron chi connectivity index (χ2n) is 8.90. The van der Waals surface area contributed by atoms with E-state index < -0.39 is 27.8 Å². The molecule has 2 atom stereocenters. The molecule has 3 heterocycles. The molecule has 10 heteroatoms. The van der Waals surface area contributed by atoms with Gasteiger partial charge in [0.1, 0.15) is 0 Å². The number of amides is 1. The van der Waals surface area contributed by atoms with Crippen molar-refractivity contribution in [2.75, 3.05) is 18.1 Å². The third-order valence-electron chi connectivity index (χ3n) is 5.79. The van der Waals surface area contributed by atoms with Crippen LogP contribution in [0, 0.1) is 0 Å². The van der Waals surface area contributed by atoms with Crippen LogP contribution in [0.1, 0.15) is 76.0 Å². The first-order valence-electron chi connectivity index (χ1n) is 11.0. The maximum Gasteiger partial charge on any atom is 0.339 e. The number of nitrogens with zero attached hydrogens (tertiary/aromatic N) is 4. The predicted molar refractivity (Wildman–Crippen MR) is 121 cm³/mol. The molecule has 1 saturated heterocycles. The highest BCUT2D eigenvalue weighted by Gasteiger charge is 2.36. The van der Waals surface area contributed by atoms with Gasteiger partial charge in [-0.05, 0) is 46.1 Å². The molecule has 0 bridgehead atoms. The van der Waals surface area contributed by atoms with Crippen LogP contribution in [-0.2, 0) is 19.4 Å². The van der Waals surface area contributed by atoms with E-state index in [-0.39, 0.29) is 29.5 Å². The monoisotopic (exact) mass is 464 g/mol. The average molecular weight is 465 g/mol. The summed E-state index contributed by atoms with van der Waals surface area (Å²) in [4.78, 5) is 32.3. The smallest absolute Gasteiger partial charge is 0.339 e. The van der Waals surface area contributed by atoms with E-state index in [2.05, 4.69) is 10.1 Å². The van der Waals surface area contributed by atoms with Crippen molar-refractivity contribution in [3.05, 3.63) is 23.5 Å². The summed E-state index contributed by atoms with van der Waals surface area (Å²) in [6, 6.07) is 1.37. The van der Waals surface area contributed by atoms with Crippen molar-refractivity contribution in [2.24, 2.45) is 0 Å². The van der Waals surface area contributed by atoms with Crippen molar-refractivity contribution in [1.29, 1.82) is 0 Å². The highest BCUT2D eigenvalue weighted by molar-refractivity contribution is 7.91. The molecule has 2 aromatic heterocycles. The Morgan fingerprint density at radius 3 is 2.47 bits per heavy atom. The van der Waals surface area contributed by atoms with Gasteiger partial charge < -0.3 is 9.64 Å². The van der Waals surface area contributed by atoms with Crippen LogP contribution >= 0.6 is 0 Å². The molecular formula is C22H32N4O5S. The summed E-state index contributed by atoms with van der Waals surface area (Å²) in [5.41, 5.74) is 1.65. The SMILES string of the molecule is CCN(C(=O)C(C)OC(=O)c1cc(C(C)C)nc2c1cnn2C(C)C)C1CCS(=O)(=O)C1. The zero-order valence-electron chi connectivity index (χ0n) is 19.5. The number of carbonyl (C=O) groups is 2. The molecule has 0 spiro atoms. The number of sulfone groups is 1. The zero-order chi connectivity index (χ0) is 23.8. The second-order valence-corrected chi connectivity index (χ2v) is 11.1. The Balaban J connectivity index is 1.86. The number of pyridine rings is 1. The second kappa shape index (κ2) is 9.17. The van der Waals surface area contributed by atoms with Crippen LogP contribution in [0.2, 0.25) is 0 Å². The van der Waals surface area contributed by atoms with Gasteiger partial charge in [0.05, 0.1) is 28.7 Å². The molecule has 1 fully saturated rings. The summed E-state index contributed by atoms with van der Waals surface area (Å²) in [5, 5.41) is 4.95. The van der Waals surface area contributed by atoms with E-state index >= 15 is 0 Å². The van der Waals surface area contributed by atoms with E-state index in [9.17, 15) is 18.0 Å². The van der Waals surface area contributed by atoms with Gasteiger partial charge in [-0.1, -0.05) is 13.8 Å². The molecule has 2 aromatic rings. The molecule has 1 aliphatic rings. The van der Waals surface area contributed by atoms with Gasteiger partial charge in [-0.15, -0.1) is 0 Å². The molecular weight excluding hydrogens is 432 g/mol. The van der Waals surface area contributed by atoms with Gasteiger partial charge in [0.15, 0.2) is 21.6 Å². The van der Waals surface area contributed by atoms with Crippen molar-refractivity contribution in [3.8, 4) is 0 Å². The fraction of sp³-hybridized carbons (Fsp3) is 0.636. The van der Waals surface area contributed by atoms with Crippen LogP contribution in [0.15, 0.2) is 12.3 Å². The molecule has 0 aromatic carbocycles. The van der Waals surface area contributed by atoms with Crippen molar-refractivity contribution >= 4 is 32.7 Å². The first kappa shape index (κ1) is 24.2. The number of hydrogen-bond acceptors (Lipinski definition) is 7. The van der Waals surface area contributed by atoms with Crippen LogP contribution in [0.4, 0.5) is 0 Å². The number of hydrogen-bond donors (Lipinski definition) is 0. The van der Waals surface area contributed by atoms with E-state index in [1.54, 1.807) is 23.9 Å². The van der Waals surface area contributed by atoms with Crippen LogP contribution in [0.3, 0.4) is 0 Å². The third kappa shape index (κ3) is 4.79. The van der Waals surface area contributed by atoms with E-state index in [1.165, 1.54) is 11.8 Å². The Labute approximate surface area is 189 Å². The fourth-order valence-electron chi connectivity index (χ4n) is 4.00. The Bertz CT molecular complexity index is 1120. The van der Waals surface area contributed by atoms with Crippen molar-refractivity contribution in [3.63, 3.8) is 0 Å². The van der Waals surface area contributed by atoms with Gasteiger partial charge in [0.25, 0.3) is 5.91 Å². The van der Waals surface area contributed by atoms with Crippen LogP contribution in [0.25, 0.3) is 11.0 Å². The minimum atomic E-state index is -3.14. The zero-order valence-corrected chi connectivity index (χ0v) is 20.3. The molecule has 0 N–H and O–H groups in total. The lowest BCUT2D eigenvalue weighted by atomic mass is 10.1. The Kier molecular flexibility index (Phi) is 6.92. The average Bonchev–Trinajstić information content (AvgIpc) is 3.30. The number of esters is 1. The highest BCUT2D eigenvalue weighted by atomic mass is 32.2. The lowest BCUT2D eigenvalue weighted by Crippen LogP contribution is -2.46. The van der Waals surface area contributed by atoms with Gasteiger partial charge in [-0.3, -0.25) is 4.79 Å². The number of fused-ring (bicyclic) bond motifs is 1. The first-order valence-corrected chi connectivity index (χ1v) is 12.9. The van der Waals surface area contributed by atoms with Gasteiger partial charge in [-0.25, -0.2) is 22.9 Å². The predicted octanol–water partition coefficient (Wildman–Crippen LogP) is 2.72. The highest BCUT2D eigenvalue weighted by Crippen LogP contribution is 2.26. The maximum absolute atomic E-state index is 13.1. The summed E-state index contributed by atoms with van der Waals surface area (Å²) in [6.07, 6.45) is 0.952. The Morgan fingerprint density at radius 1 is 1.25 bits per heavy atom. The summed E-state index contributed by atoms with van der Waals surface area (Å²) < 4.78 is 31.0. The molecule has 0 radical (unpaired) electrons. The molecule has 2 unspecified atom stereocenters. The molecule has 32 heavy (non-hydrogen) atoms. The number of likely N-dealkylation sites (N-methyl/N-ethyl adjacent to an activating group) is 1. The topological polar surface area (TPSA) is 111 Å². The third-order valence-corrected chi connectivity index (χ3v) is 7.54. The lowest BCUT2D eigenvalue weighted by Gasteiger charge is -2.29. The van der Waals surface area contributed by atoms with Crippen molar-refractivity contribution in [1.82, 2.24) is 19.7 Å². The van der Waals surface area contributed by atoms with Crippen molar-refractivity contribution < 1.29 is 22.7 Å². The van der Waals surface area contributed by atoms with Gasteiger partial charge in [0, 0.05) is 24.3 Å². The number of rotatable bonds is 7. The molecule has 1 amide bonds. The first-order chi connectivity index (χ1) is 14.9. The van der Waals surface area contributed by atoms with Crippen molar-refractivity contribution in [2.45, 2.75) is 72.1 Å². The van der Waals surface area contributed by atoms with Crippen LogP contribution < -0.4 is 0 Å². The number of carbonyl (C=O) groups excluding carboxylic acids is 2. The molecule has 1 aliphatic heterocycles. The maximum atomic E-state index is 13.1. The summed E-state index contributed by atoms with van der Waals surface area (Å²) in [7, 11) is -3.14. The van der Waals surface area contributed by atoms with E-state index in [0.29, 0.717) is 29.6 Å². The quantitative estimate of drug-likeness (QED) is 0.579.